The highest BCUT2D eigenvalue weighted by molar-refractivity contribution is 5.10. The Hall–Kier alpha value is -0.250. The SMILES string of the molecule is OC1(C(F)(F)F)CC2(CCC2)C1. The Morgan fingerprint density at radius 1 is 1.08 bits per heavy atom. The lowest BCUT2D eigenvalue weighted by molar-refractivity contribution is -0.326. The second-order valence-corrected chi connectivity index (χ2v) is 4.24. The molecule has 0 radical (unpaired) electrons. The second-order valence-electron chi connectivity index (χ2n) is 4.24. The first-order valence-corrected chi connectivity index (χ1v) is 4.16. The second kappa shape index (κ2) is 1.97. The van der Waals surface area contributed by atoms with Crippen LogP contribution in [0.25, 0.3) is 0 Å². The molecule has 0 heterocycles. The smallest absolute Gasteiger partial charge is 0.380 e. The van der Waals surface area contributed by atoms with Gasteiger partial charge in [0.15, 0.2) is 5.60 Å². The summed E-state index contributed by atoms with van der Waals surface area (Å²) in [6.07, 6.45) is -1.80. The third-order valence-corrected chi connectivity index (χ3v) is 3.28. The van der Waals surface area contributed by atoms with Crippen LogP contribution in [0, 0.1) is 5.41 Å². The van der Waals surface area contributed by atoms with Crippen molar-refractivity contribution < 1.29 is 18.3 Å². The van der Waals surface area contributed by atoms with Gasteiger partial charge in [0.05, 0.1) is 0 Å². The van der Waals surface area contributed by atoms with Gasteiger partial charge in [0.25, 0.3) is 0 Å². The fraction of sp³-hybridized carbons (Fsp3) is 1.00. The van der Waals surface area contributed by atoms with Crippen molar-refractivity contribution in [3.8, 4) is 0 Å². The van der Waals surface area contributed by atoms with E-state index in [0.717, 1.165) is 19.3 Å². The molecule has 2 rings (SSSR count). The summed E-state index contributed by atoms with van der Waals surface area (Å²) in [6.45, 7) is 0. The van der Waals surface area contributed by atoms with E-state index in [1.54, 1.807) is 0 Å². The van der Waals surface area contributed by atoms with Crippen LogP contribution in [0.15, 0.2) is 0 Å². The number of halogens is 3. The van der Waals surface area contributed by atoms with E-state index >= 15 is 0 Å². The number of hydrogen-bond acceptors (Lipinski definition) is 1. The zero-order valence-corrected chi connectivity index (χ0v) is 6.62. The van der Waals surface area contributed by atoms with Gasteiger partial charge in [-0.25, -0.2) is 0 Å². The average Bonchev–Trinajstić information content (AvgIpc) is 1.73. The molecule has 0 saturated heterocycles. The van der Waals surface area contributed by atoms with Gasteiger partial charge in [0, 0.05) is 0 Å². The Kier molecular flexibility index (Phi) is 1.37. The monoisotopic (exact) mass is 180 g/mol. The molecule has 2 fully saturated rings. The molecule has 1 spiro atoms. The van der Waals surface area contributed by atoms with Crippen molar-refractivity contribution in [1.82, 2.24) is 0 Å². The maximum absolute atomic E-state index is 12.1. The van der Waals surface area contributed by atoms with Gasteiger partial charge >= 0.3 is 6.18 Å². The molecule has 12 heavy (non-hydrogen) atoms. The van der Waals surface area contributed by atoms with Crippen LogP contribution in [0.2, 0.25) is 0 Å². The highest BCUT2D eigenvalue weighted by atomic mass is 19.4. The molecule has 0 unspecified atom stereocenters. The summed E-state index contributed by atoms with van der Waals surface area (Å²) in [5.41, 5.74) is -2.49. The van der Waals surface area contributed by atoms with E-state index in [1.807, 2.05) is 0 Å². The van der Waals surface area contributed by atoms with Gasteiger partial charge in [-0.1, -0.05) is 6.42 Å². The van der Waals surface area contributed by atoms with Crippen molar-refractivity contribution in [3.63, 3.8) is 0 Å². The number of rotatable bonds is 0. The molecule has 0 bridgehead atoms. The highest BCUT2D eigenvalue weighted by Crippen LogP contribution is 2.64. The summed E-state index contributed by atoms with van der Waals surface area (Å²) in [7, 11) is 0. The van der Waals surface area contributed by atoms with E-state index in [1.165, 1.54) is 0 Å². The van der Waals surface area contributed by atoms with Gasteiger partial charge in [0.2, 0.25) is 0 Å². The summed E-state index contributed by atoms with van der Waals surface area (Å²) >= 11 is 0. The fourth-order valence-electron chi connectivity index (χ4n) is 2.42. The first-order valence-electron chi connectivity index (χ1n) is 4.16. The number of aliphatic hydroxyl groups is 1. The third-order valence-electron chi connectivity index (χ3n) is 3.28. The molecule has 0 amide bonds. The first kappa shape index (κ1) is 8.35. The molecule has 70 valence electrons. The van der Waals surface area contributed by atoms with Crippen molar-refractivity contribution in [1.29, 1.82) is 0 Å². The van der Waals surface area contributed by atoms with Crippen LogP contribution < -0.4 is 0 Å². The molecule has 0 aromatic rings. The van der Waals surface area contributed by atoms with Crippen LogP contribution in [0.1, 0.15) is 32.1 Å². The minimum Gasteiger partial charge on any atom is -0.380 e. The molecule has 1 N–H and O–H groups in total. The average molecular weight is 180 g/mol. The van der Waals surface area contributed by atoms with E-state index in [9.17, 15) is 13.2 Å². The van der Waals surface area contributed by atoms with Crippen molar-refractivity contribution in [2.24, 2.45) is 5.41 Å². The molecule has 0 atom stereocenters. The summed E-state index contributed by atoms with van der Waals surface area (Å²) in [5, 5.41) is 9.12. The van der Waals surface area contributed by atoms with Crippen LogP contribution in [0.3, 0.4) is 0 Å². The highest BCUT2D eigenvalue weighted by Gasteiger charge is 2.67. The third kappa shape index (κ3) is 0.903. The van der Waals surface area contributed by atoms with Gasteiger partial charge in [0.1, 0.15) is 0 Å². The Morgan fingerprint density at radius 2 is 1.58 bits per heavy atom. The minimum atomic E-state index is -4.42. The van der Waals surface area contributed by atoms with E-state index in [4.69, 9.17) is 5.11 Å². The quantitative estimate of drug-likeness (QED) is 0.606. The largest absolute Gasteiger partial charge is 0.417 e. The predicted octanol–water partition coefficient (Wildman–Crippen LogP) is 2.24. The normalized spacial score (nSPS) is 31.0. The van der Waals surface area contributed by atoms with Crippen molar-refractivity contribution >= 4 is 0 Å². The molecule has 0 aliphatic heterocycles. The van der Waals surface area contributed by atoms with Crippen LogP contribution in [0.5, 0.6) is 0 Å². The maximum atomic E-state index is 12.1. The van der Waals surface area contributed by atoms with Crippen molar-refractivity contribution in [2.45, 2.75) is 43.9 Å². The molecule has 2 aliphatic carbocycles. The van der Waals surface area contributed by atoms with Gasteiger partial charge in [-0.2, -0.15) is 13.2 Å². The van der Waals surface area contributed by atoms with Gasteiger partial charge in [-0.15, -0.1) is 0 Å². The molecule has 4 heteroatoms. The fourth-order valence-corrected chi connectivity index (χ4v) is 2.42. The molecule has 2 saturated carbocycles. The predicted molar refractivity (Wildman–Crippen MR) is 36.5 cm³/mol. The van der Waals surface area contributed by atoms with Crippen LogP contribution in [0.4, 0.5) is 13.2 Å². The van der Waals surface area contributed by atoms with E-state index < -0.39 is 11.8 Å². The molecule has 2 aliphatic rings. The van der Waals surface area contributed by atoms with Gasteiger partial charge in [-0.05, 0) is 31.1 Å². The van der Waals surface area contributed by atoms with Crippen LogP contribution >= 0.6 is 0 Å². The molecule has 1 nitrogen and oxygen atoms in total. The summed E-state index contributed by atoms with van der Waals surface area (Å²) in [4.78, 5) is 0. The van der Waals surface area contributed by atoms with Crippen molar-refractivity contribution in [2.75, 3.05) is 0 Å². The lowest BCUT2D eigenvalue weighted by Gasteiger charge is -2.58. The zero-order valence-electron chi connectivity index (χ0n) is 6.62. The Morgan fingerprint density at radius 3 is 1.83 bits per heavy atom. The number of alkyl halides is 3. The Balaban J connectivity index is 2.01. The summed E-state index contributed by atoms with van der Waals surface area (Å²) in [6, 6.07) is 0. The molecule has 0 aromatic carbocycles. The van der Waals surface area contributed by atoms with Gasteiger partial charge < -0.3 is 5.11 Å². The Labute approximate surface area is 68.6 Å². The summed E-state index contributed by atoms with van der Waals surface area (Å²) < 4.78 is 36.4. The zero-order chi connectivity index (χ0) is 9.04. The van der Waals surface area contributed by atoms with E-state index in [-0.39, 0.29) is 18.3 Å². The van der Waals surface area contributed by atoms with E-state index in [0.29, 0.717) is 0 Å². The topological polar surface area (TPSA) is 20.2 Å². The lowest BCUT2D eigenvalue weighted by Crippen LogP contribution is -2.62. The number of hydrogen-bond donors (Lipinski definition) is 1. The first-order chi connectivity index (χ1) is 5.37. The molecule has 0 aromatic heterocycles. The maximum Gasteiger partial charge on any atom is 0.417 e. The van der Waals surface area contributed by atoms with E-state index in [2.05, 4.69) is 0 Å². The summed E-state index contributed by atoms with van der Waals surface area (Å²) in [5.74, 6) is 0. The van der Waals surface area contributed by atoms with Crippen LogP contribution in [-0.4, -0.2) is 16.9 Å². The van der Waals surface area contributed by atoms with Crippen LogP contribution in [-0.2, 0) is 0 Å². The lowest BCUT2D eigenvalue weighted by atomic mass is 9.49. The van der Waals surface area contributed by atoms with Crippen molar-refractivity contribution in [3.05, 3.63) is 0 Å². The standard InChI is InChI=1S/C8H11F3O/c9-8(10,11)7(12)4-6(5-7)2-1-3-6/h12H,1-5H2. The Bertz CT molecular complexity index is 197. The molecular weight excluding hydrogens is 169 g/mol. The molecular formula is C8H11F3O. The van der Waals surface area contributed by atoms with Gasteiger partial charge in [-0.3, -0.25) is 0 Å². The minimum absolute atomic E-state index is 0.0660.